The third-order valence-electron chi connectivity index (χ3n) is 3.81. The molecule has 0 spiro atoms. The Hall–Kier alpha value is -0.830. The molecular formula is C13H20ClN3. The van der Waals surface area contributed by atoms with Crippen LogP contribution in [0.25, 0.3) is 0 Å². The zero-order valence-corrected chi connectivity index (χ0v) is 11.8. The van der Waals surface area contributed by atoms with Crippen LogP contribution in [0.2, 0.25) is 5.15 Å². The highest BCUT2D eigenvalue weighted by Gasteiger charge is 2.25. The maximum atomic E-state index is 6.13. The molecule has 17 heavy (non-hydrogen) atoms. The third-order valence-corrected chi connectivity index (χ3v) is 4.17. The minimum Gasteiger partial charge on any atom is -0.356 e. The molecule has 0 radical (unpaired) electrons. The van der Waals surface area contributed by atoms with Gasteiger partial charge in [-0.3, -0.25) is 0 Å². The molecule has 0 N–H and O–H groups in total. The Morgan fingerprint density at radius 1 is 1.18 bits per heavy atom. The van der Waals surface area contributed by atoms with Crippen molar-refractivity contribution in [1.29, 1.82) is 0 Å². The van der Waals surface area contributed by atoms with Crippen LogP contribution in [0.15, 0.2) is 0 Å². The average molecular weight is 254 g/mol. The maximum Gasteiger partial charge on any atom is 0.137 e. The Morgan fingerprint density at radius 2 is 1.88 bits per heavy atom. The van der Waals surface area contributed by atoms with E-state index in [1.165, 1.54) is 6.42 Å². The lowest BCUT2D eigenvalue weighted by atomic mass is 9.88. The van der Waals surface area contributed by atoms with E-state index in [0.29, 0.717) is 11.1 Å². The molecule has 3 nitrogen and oxygen atoms in total. The van der Waals surface area contributed by atoms with Gasteiger partial charge in [0.05, 0.1) is 0 Å². The van der Waals surface area contributed by atoms with Crippen LogP contribution in [0, 0.1) is 25.7 Å². The largest absolute Gasteiger partial charge is 0.356 e. The molecule has 1 aromatic heterocycles. The number of piperidine rings is 1. The number of rotatable bonds is 1. The fraction of sp³-hybridized carbons (Fsp3) is 0.692. The molecule has 4 heteroatoms. The van der Waals surface area contributed by atoms with Crippen molar-refractivity contribution in [3.8, 4) is 0 Å². The van der Waals surface area contributed by atoms with Crippen molar-refractivity contribution in [3.63, 3.8) is 0 Å². The summed E-state index contributed by atoms with van der Waals surface area (Å²) in [7, 11) is 0. The Labute approximate surface area is 108 Å². The van der Waals surface area contributed by atoms with E-state index >= 15 is 0 Å². The van der Waals surface area contributed by atoms with Crippen molar-refractivity contribution in [2.24, 2.45) is 11.8 Å². The predicted molar refractivity (Wildman–Crippen MR) is 71.7 cm³/mol. The fourth-order valence-electron chi connectivity index (χ4n) is 2.34. The van der Waals surface area contributed by atoms with Crippen LogP contribution in [-0.4, -0.2) is 23.1 Å². The van der Waals surface area contributed by atoms with Gasteiger partial charge < -0.3 is 4.90 Å². The van der Waals surface area contributed by atoms with Crippen molar-refractivity contribution in [1.82, 2.24) is 9.97 Å². The number of hydrogen-bond donors (Lipinski definition) is 0. The summed E-state index contributed by atoms with van der Waals surface area (Å²) in [6.45, 7) is 10.7. The van der Waals surface area contributed by atoms with E-state index in [1.807, 2.05) is 13.8 Å². The summed E-state index contributed by atoms with van der Waals surface area (Å²) in [5.41, 5.74) is 0.999. The van der Waals surface area contributed by atoms with Crippen LogP contribution in [0.1, 0.15) is 31.7 Å². The summed E-state index contributed by atoms with van der Waals surface area (Å²) in [6, 6.07) is 0. The van der Waals surface area contributed by atoms with Gasteiger partial charge in [-0.05, 0) is 32.1 Å². The van der Waals surface area contributed by atoms with E-state index in [-0.39, 0.29) is 0 Å². The van der Waals surface area contributed by atoms with E-state index in [0.717, 1.165) is 36.2 Å². The van der Waals surface area contributed by atoms with Crippen molar-refractivity contribution < 1.29 is 0 Å². The first kappa shape index (κ1) is 12.6. The van der Waals surface area contributed by atoms with Gasteiger partial charge in [0.15, 0.2) is 0 Å². The molecule has 2 rings (SSSR count). The smallest absolute Gasteiger partial charge is 0.137 e. The lowest BCUT2D eigenvalue weighted by Crippen LogP contribution is -2.39. The summed E-state index contributed by atoms with van der Waals surface area (Å²) < 4.78 is 0. The van der Waals surface area contributed by atoms with Crippen molar-refractivity contribution in [2.45, 2.75) is 34.1 Å². The molecule has 0 amide bonds. The molecule has 1 fully saturated rings. The highest BCUT2D eigenvalue weighted by atomic mass is 35.5. The molecule has 1 saturated heterocycles. The number of halogens is 1. The van der Waals surface area contributed by atoms with Crippen molar-refractivity contribution >= 4 is 17.4 Å². The van der Waals surface area contributed by atoms with Crippen LogP contribution in [0.4, 0.5) is 5.82 Å². The van der Waals surface area contributed by atoms with Crippen LogP contribution in [0.3, 0.4) is 0 Å². The minimum absolute atomic E-state index is 0.582. The number of anilines is 1. The summed E-state index contributed by atoms with van der Waals surface area (Å²) in [5.74, 6) is 3.27. The van der Waals surface area contributed by atoms with Crippen LogP contribution >= 0.6 is 11.6 Å². The van der Waals surface area contributed by atoms with Gasteiger partial charge in [-0.1, -0.05) is 25.4 Å². The molecule has 2 atom stereocenters. The molecule has 0 bridgehead atoms. The lowest BCUT2D eigenvalue weighted by molar-refractivity contribution is 0.322. The molecule has 1 aliphatic rings. The van der Waals surface area contributed by atoms with Crippen LogP contribution < -0.4 is 4.90 Å². The van der Waals surface area contributed by atoms with E-state index in [2.05, 4.69) is 28.7 Å². The number of nitrogens with zero attached hydrogens (tertiary/aromatic N) is 3. The highest BCUT2D eigenvalue weighted by Crippen LogP contribution is 2.29. The van der Waals surface area contributed by atoms with Crippen molar-refractivity contribution in [3.05, 3.63) is 16.5 Å². The lowest BCUT2D eigenvalue weighted by Gasteiger charge is -2.36. The minimum atomic E-state index is 0.582. The van der Waals surface area contributed by atoms with Gasteiger partial charge in [-0.25, -0.2) is 9.97 Å². The second-order valence-electron chi connectivity index (χ2n) is 5.20. The molecule has 1 aromatic rings. The molecule has 0 aromatic carbocycles. The topological polar surface area (TPSA) is 29.0 Å². The maximum absolute atomic E-state index is 6.13. The molecule has 2 unspecified atom stereocenters. The van der Waals surface area contributed by atoms with Gasteiger partial charge in [-0.2, -0.15) is 0 Å². The van der Waals surface area contributed by atoms with Gasteiger partial charge in [-0.15, -0.1) is 0 Å². The first-order valence-electron chi connectivity index (χ1n) is 6.24. The SMILES string of the molecule is Cc1nc(Cl)c(C)c(N2CCC(C)C(C)C2)n1. The summed E-state index contributed by atoms with van der Waals surface area (Å²) in [6.07, 6.45) is 1.22. The van der Waals surface area contributed by atoms with E-state index in [1.54, 1.807) is 0 Å². The summed E-state index contributed by atoms with van der Waals surface area (Å²) in [5, 5.41) is 0.582. The van der Waals surface area contributed by atoms with Crippen molar-refractivity contribution in [2.75, 3.05) is 18.0 Å². The zero-order valence-electron chi connectivity index (χ0n) is 11.0. The highest BCUT2D eigenvalue weighted by molar-refractivity contribution is 6.30. The molecule has 2 heterocycles. The molecule has 94 valence electrons. The first-order valence-corrected chi connectivity index (χ1v) is 6.62. The standard InChI is InChI=1S/C13H20ClN3/c1-8-5-6-17(7-9(8)2)13-10(3)12(14)15-11(4)16-13/h8-9H,5-7H2,1-4H3. The monoisotopic (exact) mass is 253 g/mol. The molecule has 0 saturated carbocycles. The van der Waals surface area contributed by atoms with Gasteiger partial charge >= 0.3 is 0 Å². The Bertz CT molecular complexity index is 419. The Balaban J connectivity index is 2.28. The number of aromatic nitrogens is 2. The second kappa shape index (κ2) is 4.81. The normalized spacial score (nSPS) is 25.1. The zero-order chi connectivity index (χ0) is 12.6. The molecule has 0 aliphatic carbocycles. The van der Waals surface area contributed by atoms with Crippen LogP contribution in [0.5, 0.6) is 0 Å². The predicted octanol–water partition coefficient (Wildman–Crippen LogP) is 3.23. The van der Waals surface area contributed by atoms with Gasteiger partial charge in [0.2, 0.25) is 0 Å². The average Bonchev–Trinajstić information content (AvgIpc) is 2.27. The Morgan fingerprint density at radius 3 is 2.53 bits per heavy atom. The van der Waals surface area contributed by atoms with Crippen LogP contribution in [-0.2, 0) is 0 Å². The third kappa shape index (κ3) is 2.54. The number of aryl methyl sites for hydroxylation is 1. The Kier molecular flexibility index (Phi) is 3.57. The van der Waals surface area contributed by atoms with Gasteiger partial charge in [0, 0.05) is 18.7 Å². The number of hydrogen-bond acceptors (Lipinski definition) is 3. The molecular weight excluding hydrogens is 234 g/mol. The van der Waals surface area contributed by atoms with E-state index in [9.17, 15) is 0 Å². The first-order chi connectivity index (χ1) is 7.99. The fourth-order valence-corrected chi connectivity index (χ4v) is 2.55. The van der Waals surface area contributed by atoms with Gasteiger partial charge in [0.1, 0.15) is 16.8 Å². The van der Waals surface area contributed by atoms with Gasteiger partial charge in [0.25, 0.3) is 0 Å². The second-order valence-corrected chi connectivity index (χ2v) is 5.56. The quantitative estimate of drug-likeness (QED) is 0.720. The summed E-state index contributed by atoms with van der Waals surface area (Å²) in [4.78, 5) is 11.1. The van der Waals surface area contributed by atoms with E-state index in [4.69, 9.17) is 11.6 Å². The van der Waals surface area contributed by atoms with E-state index < -0.39 is 0 Å². The summed E-state index contributed by atoms with van der Waals surface area (Å²) >= 11 is 6.13. The molecule has 1 aliphatic heterocycles.